The number of carbonyl (C=O) groups excluding carboxylic acids is 1. The van der Waals surface area contributed by atoms with Crippen LogP contribution in [0.1, 0.15) is 30.6 Å². The average molecular weight is 204 g/mol. The molecule has 0 aromatic heterocycles. The molecule has 0 radical (unpaired) electrons. The molecule has 80 valence electrons. The Balaban J connectivity index is 2.06. The predicted octanol–water partition coefficient (Wildman–Crippen LogP) is 2.92. The molecule has 1 aliphatic rings. The fraction of sp³-hybridized carbons (Fsp3) is 0.462. The van der Waals surface area contributed by atoms with Crippen molar-refractivity contribution in [1.29, 1.82) is 0 Å². The average Bonchev–Trinajstić information content (AvgIpc) is 2.96. The Morgan fingerprint density at radius 1 is 1.40 bits per heavy atom. The zero-order valence-corrected chi connectivity index (χ0v) is 9.19. The van der Waals surface area contributed by atoms with Crippen molar-refractivity contribution in [2.24, 2.45) is 11.8 Å². The van der Waals surface area contributed by atoms with E-state index in [-0.39, 0.29) is 11.7 Å². The van der Waals surface area contributed by atoms with Gasteiger partial charge in [-0.3, -0.25) is 4.79 Å². The van der Waals surface area contributed by atoms with E-state index in [1.54, 1.807) is 0 Å². The maximum atomic E-state index is 11.8. The van der Waals surface area contributed by atoms with E-state index < -0.39 is 0 Å². The second-order valence-electron chi connectivity index (χ2n) is 4.14. The fourth-order valence-corrected chi connectivity index (χ4v) is 1.78. The summed E-state index contributed by atoms with van der Waals surface area (Å²) in [4.78, 5) is 11.8. The molecular weight excluding hydrogens is 188 g/mol. The molecule has 1 aromatic carbocycles. The van der Waals surface area contributed by atoms with Gasteiger partial charge < -0.3 is 4.74 Å². The topological polar surface area (TPSA) is 26.3 Å². The second-order valence-corrected chi connectivity index (χ2v) is 4.14. The minimum atomic E-state index is 0.267. The molecule has 2 heteroatoms. The number of rotatable bonds is 4. The zero-order valence-electron chi connectivity index (χ0n) is 9.19. The summed E-state index contributed by atoms with van der Waals surface area (Å²) in [6, 6.07) is 7.45. The van der Waals surface area contributed by atoms with Crippen molar-refractivity contribution in [3.63, 3.8) is 0 Å². The first-order valence-electron chi connectivity index (χ1n) is 5.49. The molecule has 2 atom stereocenters. The van der Waals surface area contributed by atoms with E-state index in [0.717, 1.165) is 17.7 Å². The third-order valence-corrected chi connectivity index (χ3v) is 2.90. The SMILES string of the molecule is CCOc1ccc(C(=O)C2CC2C)cc1. The van der Waals surface area contributed by atoms with Gasteiger partial charge in [0.25, 0.3) is 0 Å². The summed E-state index contributed by atoms with van der Waals surface area (Å²) in [6.07, 6.45) is 1.05. The molecule has 2 nitrogen and oxygen atoms in total. The van der Waals surface area contributed by atoms with Crippen molar-refractivity contribution in [3.8, 4) is 5.75 Å². The van der Waals surface area contributed by atoms with Crippen LogP contribution in [-0.4, -0.2) is 12.4 Å². The smallest absolute Gasteiger partial charge is 0.166 e. The Kier molecular flexibility index (Phi) is 2.76. The molecule has 15 heavy (non-hydrogen) atoms. The van der Waals surface area contributed by atoms with Crippen molar-refractivity contribution in [1.82, 2.24) is 0 Å². The molecule has 1 fully saturated rings. The van der Waals surface area contributed by atoms with Crippen LogP contribution in [0.15, 0.2) is 24.3 Å². The highest BCUT2D eigenvalue weighted by atomic mass is 16.5. The molecule has 0 aliphatic heterocycles. The van der Waals surface area contributed by atoms with Crippen LogP contribution < -0.4 is 4.74 Å². The second kappa shape index (κ2) is 4.05. The summed E-state index contributed by atoms with van der Waals surface area (Å²) >= 11 is 0. The summed E-state index contributed by atoms with van der Waals surface area (Å²) in [5, 5.41) is 0. The number of ketones is 1. The van der Waals surface area contributed by atoms with Gasteiger partial charge in [0.2, 0.25) is 0 Å². The van der Waals surface area contributed by atoms with Crippen LogP contribution in [0.2, 0.25) is 0 Å². The van der Waals surface area contributed by atoms with Crippen molar-refractivity contribution < 1.29 is 9.53 Å². The van der Waals surface area contributed by atoms with E-state index in [9.17, 15) is 4.79 Å². The highest BCUT2D eigenvalue weighted by Crippen LogP contribution is 2.40. The monoisotopic (exact) mass is 204 g/mol. The molecule has 1 aromatic rings. The lowest BCUT2D eigenvalue weighted by Crippen LogP contribution is -2.02. The molecule has 0 saturated heterocycles. The summed E-state index contributed by atoms with van der Waals surface area (Å²) < 4.78 is 5.33. The first kappa shape index (κ1) is 10.2. The van der Waals surface area contributed by atoms with Gasteiger partial charge in [-0.15, -0.1) is 0 Å². The van der Waals surface area contributed by atoms with Crippen LogP contribution in [0.4, 0.5) is 0 Å². The molecule has 1 aliphatic carbocycles. The van der Waals surface area contributed by atoms with Crippen LogP contribution in [0, 0.1) is 11.8 Å². The first-order chi connectivity index (χ1) is 7.22. The van der Waals surface area contributed by atoms with E-state index in [1.807, 2.05) is 31.2 Å². The lowest BCUT2D eigenvalue weighted by molar-refractivity contribution is 0.0962. The minimum absolute atomic E-state index is 0.267. The van der Waals surface area contributed by atoms with Crippen molar-refractivity contribution in [2.45, 2.75) is 20.3 Å². The summed E-state index contributed by atoms with van der Waals surface area (Å²) in [5.41, 5.74) is 0.813. The van der Waals surface area contributed by atoms with Crippen LogP contribution in [0.5, 0.6) is 5.75 Å². The van der Waals surface area contributed by atoms with Gasteiger partial charge >= 0.3 is 0 Å². The number of benzene rings is 1. The highest BCUT2D eigenvalue weighted by Gasteiger charge is 2.39. The minimum Gasteiger partial charge on any atom is -0.494 e. The Morgan fingerprint density at radius 2 is 2.00 bits per heavy atom. The van der Waals surface area contributed by atoms with E-state index in [1.165, 1.54) is 0 Å². The quantitative estimate of drug-likeness (QED) is 0.705. The summed E-state index contributed by atoms with van der Waals surface area (Å²) in [7, 11) is 0. The Labute approximate surface area is 90.3 Å². The normalized spacial score (nSPS) is 23.6. The fourth-order valence-electron chi connectivity index (χ4n) is 1.78. The Hall–Kier alpha value is -1.31. The molecule has 2 rings (SSSR count). The van der Waals surface area contributed by atoms with Crippen molar-refractivity contribution >= 4 is 5.78 Å². The third kappa shape index (κ3) is 2.20. The van der Waals surface area contributed by atoms with Gasteiger partial charge in [-0.25, -0.2) is 0 Å². The maximum Gasteiger partial charge on any atom is 0.166 e. The Morgan fingerprint density at radius 3 is 2.47 bits per heavy atom. The van der Waals surface area contributed by atoms with E-state index in [2.05, 4.69) is 6.92 Å². The van der Waals surface area contributed by atoms with Gasteiger partial charge in [0, 0.05) is 11.5 Å². The first-order valence-corrected chi connectivity index (χ1v) is 5.49. The Bertz CT molecular complexity index is 353. The van der Waals surface area contributed by atoms with Gasteiger partial charge in [-0.2, -0.15) is 0 Å². The molecule has 0 spiro atoms. The predicted molar refractivity (Wildman–Crippen MR) is 59.2 cm³/mol. The number of Topliss-reactive ketones (excluding diaryl/α,β-unsaturated/α-hetero) is 1. The molecule has 2 unspecified atom stereocenters. The van der Waals surface area contributed by atoms with E-state index in [0.29, 0.717) is 12.5 Å². The third-order valence-electron chi connectivity index (χ3n) is 2.90. The van der Waals surface area contributed by atoms with Crippen molar-refractivity contribution in [2.75, 3.05) is 6.61 Å². The number of hydrogen-bond donors (Lipinski definition) is 0. The van der Waals surface area contributed by atoms with Gasteiger partial charge in [-0.05, 0) is 43.5 Å². The highest BCUT2D eigenvalue weighted by molar-refractivity contribution is 5.99. The molecule has 1 saturated carbocycles. The van der Waals surface area contributed by atoms with Crippen LogP contribution in [-0.2, 0) is 0 Å². The van der Waals surface area contributed by atoms with Gasteiger partial charge in [-0.1, -0.05) is 6.92 Å². The summed E-state index contributed by atoms with van der Waals surface area (Å²) in [5.74, 6) is 1.95. The van der Waals surface area contributed by atoms with Gasteiger partial charge in [0.15, 0.2) is 5.78 Å². The van der Waals surface area contributed by atoms with Gasteiger partial charge in [0.05, 0.1) is 6.61 Å². The standard InChI is InChI=1S/C13H16O2/c1-3-15-11-6-4-10(5-7-11)13(14)12-8-9(12)2/h4-7,9,12H,3,8H2,1-2H3. The number of carbonyl (C=O) groups is 1. The lowest BCUT2D eigenvalue weighted by Gasteiger charge is -2.03. The maximum absolute atomic E-state index is 11.8. The largest absolute Gasteiger partial charge is 0.494 e. The van der Waals surface area contributed by atoms with Crippen LogP contribution in [0.25, 0.3) is 0 Å². The van der Waals surface area contributed by atoms with Crippen LogP contribution in [0.3, 0.4) is 0 Å². The van der Waals surface area contributed by atoms with Gasteiger partial charge in [0.1, 0.15) is 5.75 Å². The molecule has 0 amide bonds. The lowest BCUT2D eigenvalue weighted by atomic mass is 10.1. The van der Waals surface area contributed by atoms with E-state index >= 15 is 0 Å². The van der Waals surface area contributed by atoms with Crippen LogP contribution >= 0.6 is 0 Å². The van der Waals surface area contributed by atoms with E-state index in [4.69, 9.17) is 4.74 Å². The molecular formula is C13H16O2. The molecule has 0 bridgehead atoms. The number of hydrogen-bond acceptors (Lipinski definition) is 2. The molecule has 0 heterocycles. The number of ether oxygens (including phenoxy) is 1. The summed E-state index contributed by atoms with van der Waals surface area (Å²) in [6.45, 7) is 4.73. The zero-order chi connectivity index (χ0) is 10.8. The molecule has 0 N–H and O–H groups in total. The van der Waals surface area contributed by atoms with Crippen molar-refractivity contribution in [3.05, 3.63) is 29.8 Å².